The molecule has 3 rings (SSSR count). The molecule has 0 aliphatic carbocycles. The molecule has 2 aliphatic heterocycles. The zero-order chi connectivity index (χ0) is 15.0. The van der Waals surface area contributed by atoms with Gasteiger partial charge in [0.15, 0.2) is 12.4 Å². The zero-order valence-electron chi connectivity index (χ0n) is 11.6. The first-order valence-corrected chi connectivity index (χ1v) is 6.90. The van der Waals surface area contributed by atoms with Gasteiger partial charge in [0.05, 0.1) is 19.1 Å². The van der Waals surface area contributed by atoms with Crippen LogP contribution in [0.1, 0.15) is 12.5 Å². The van der Waals surface area contributed by atoms with Gasteiger partial charge < -0.3 is 24.4 Å². The molecule has 2 heterocycles. The summed E-state index contributed by atoms with van der Waals surface area (Å²) in [5.74, 6) is -1.26. The van der Waals surface area contributed by atoms with Crippen LogP contribution in [0.5, 0.6) is 0 Å². The maximum absolute atomic E-state index is 11.6. The average Bonchev–Trinajstić information content (AvgIpc) is 2.73. The molecule has 1 aromatic rings. The first kappa shape index (κ1) is 14.5. The summed E-state index contributed by atoms with van der Waals surface area (Å²) in [4.78, 5) is 11.6. The lowest BCUT2D eigenvalue weighted by molar-refractivity contribution is -0.292. The predicted molar refractivity (Wildman–Crippen MR) is 71.0 cm³/mol. The van der Waals surface area contributed by atoms with Gasteiger partial charge in [-0.25, -0.2) is 0 Å². The zero-order valence-corrected chi connectivity index (χ0v) is 11.6. The fraction of sp³-hybridized carbons (Fsp3) is 0.533. The van der Waals surface area contributed by atoms with E-state index in [9.17, 15) is 15.0 Å². The Morgan fingerprint density at radius 3 is 2.81 bits per heavy atom. The normalized spacial score (nSPS) is 38.9. The van der Waals surface area contributed by atoms with Crippen LogP contribution in [-0.4, -0.2) is 46.9 Å². The van der Waals surface area contributed by atoms with Crippen LogP contribution < -0.4 is 0 Å². The standard InChI is InChI=1S/C15H18O6/c1-9-13(17)21-12-11(16)14(20-8-15(9,12)18)19-7-10-5-3-2-4-6-10/h2-6,9,11-12,14,16,18H,7-8H2,1H3/t9-,11+,12+,14-,15-/m0/s1. The van der Waals surface area contributed by atoms with Gasteiger partial charge in [-0.05, 0) is 12.5 Å². The number of hydrogen-bond acceptors (Lipinski definition) is 6. The molecule has 2 aliphatic rings. The molecule has 0 saturated carbocycles. The summed E-state index contributed by atoms with van der Waals surface area (Å²) in [6.07, 6.45) is -3.18. The van der Waals surface area contributed by atoms with E-state index in [1.165, 1.54) is 0 Å². The molecule has 0 unspecified atom stereocenters. The molecule has 6 nitrogen and oxygen atoms in total. The molecular weight excluding hydrogens is 276 g/mol. The summed E-state index contributed by atoms with van der Waals surface area (Å²) < 4.78 is 16.0. The number of hydrogen-bond donors (Lipinski definition) is 2. The van der Waals surface area contributed by atoms with Crippen molar-refractivity contribution in [3.05, 3.63) is 35.9 Å². The lowest BCUT2D eigenvalue weighted by Crippen LogP contribution is -2.61. The van der Waals surface area contributed by atoms with E-state index in [0.717, 1.165) is 5.56 Å². The molecule has 6 heteroatoms. The predicted octanol–water partition coefficient (Wildman–Crippen LogP) is 0.213. The van der Waals surface area contributed by atoms with Crippen LogP contribution in [0.25, 0.3) is 0 Å². The number of rotatable bonds is 3. The van der Waals surface area contributed by atoms with Gasteiger partial charge in [0.1, 0.15) is 11.7 Å². The Balaban J connectivity index is 1.66. The number of carbonyl (C=O) groups excluding carboxylic acids is 1. The van der Waals surface area contributed by atoms with Gasteiger partial charge in [-0.15, -0.1) is 0 Å². The molecule has 21 heavy (non-hydrogen) atoms. The second-order valence-corrected chi connectivity index (χ2v) is 5.54. The minimum Gasteiger partial charge on any atom is -0.456 e. The summed E-state index contributed by atoms with van der Waals surface area (Å²) in [6.45, 7) is 1.71. The second kappa shape index (κ2) is 5.38. The van der Waals surface area contributed by atoms with Crippen LogP contribution in [-0.2, 0) is 25.6 Å². The van der Waals surface area contributed by atoms with Gasteiger partial charge in [0.2, 0.25) is 0 Å². The van der Waals surface area contributed by atoms with Crippen molar-refractivity contribution < 1.29 is 29.2 Å². The second-order valence-electron chi connectivity index (χ2n) is 5.54. The largest absolute Gasteiger partial charge is 0.456 e. The molecule has 0 bridgehead atoms. The van der Waals surface area contributed by atoms with E-state index in [0.29, 0.717) is 0 Å². The summed E-state index contributed by atoms with van der Waals surface area (Å²) in [6, 6.07) is 9.45. The first-order valence-electron chi connectivity index (χ1n) is 6.90. The van der Waals surface area contributed by atoms with Gasteiger partial charge in [-0.2, -0.15) is 0 Å². The highest BCUT2D eigenvalue weighted by atomic mass is 16.7. The Morgan fingerprint density at radius 1 is 1.38 bits per heavy atom. The lowest BCUT2D eigenvalue weighted by atomic mass is 9.83. The van der Waals surface area contributed by atoms with E-state index >= 15 is 0 Å². The van der Waals surface area contributed by atoms with Crippen LogP contribution in [0, 0.1) is 5.92 Å². The van der Waals surface area contributed by atoms with Crippen molar-refractivity contribution in [3.63, 3.8) is 0 Å². The van der Waals surface area contributed by atoms with Crippen LogP contribution in [0.4, 0.5) is 0 Å². The Morgan fingerprint density at radius 2 is 2.10 bits per heavy atom. The minimum atomic E-state index is -1.50. The molecule has 0 aromatic heterocycles. The minimum absolute atomic E-state index is 0.110. The van der Waals surface area contributed by atoms with Crippen LogP contribution in [0.3, 0.4) is 0 Å². The molecule has 2 N–H and O–H groups in total. The number of carbonyl (C=O) groups is 1. The number of esters is 1. The van der Waals surface area contributed by atoms with E-state index in [4.69, 9.17) is 14.2 Å². The number of aliphatic hydroxyl groups is 2. The van der Waals surface area contributed by atoms with E-state index in [1.807, 2.05) is 30.3 Å². The van der Waals surface area contributed by atoms with Crippen LogP contribution >= 0.6 is 0 Å². The van der Waals surface area contributed by atoms with Crippen molar-refractivity contribution in [2.45, 2.75) is 37.6 Å². The number of fused-ring (bicyclic) bond motifs is 1. The van der Waals surface area contributed by atoms with Crippen molar-refractivity contribution >= 4 is 5.97 Å². The van der Waals surface area contributed by atoms with Gasteiger partial charge in [0, 0.05) is 0 Å². The Hall–Kier alpha value is -1.47. The first-order chi connectivity index (χ1) is 10.0. The number of aliphatic hydroxyl groups excluding tert-OH is 1. The van der Waals surface area contributed by atoms with E-state index in [1.54, 1.807) is 6.92 Å². The molecule has 0 amide bonds. The molecule has 0 radical (unpaired) electrons. The van der Waals surface area contributed by atoms with Crippen molar-refractivity contribution in [1.29, 1.82) is 0 Å². The van der Waals surface area contributed by atoms with Gasteiger partial charge in [-0.3, -0.25) is 4.79 Å². The molecule has 2 saturated heterocycles. The van der Waals surface area contributed by atoms with Crippen LogP contribution in [0.15, 0.2) is 30.3 Å². The highest BCUT2D eigenvalue weighted by molar-refractivity contribution is 5.76. The third kappa shape index (κ3) is 2.44. The molecular formula is C15H18O6. The van der Waals surface area contributed by atoms with E-state index < -0.39 is 36.0 Å². The van der Waals surface area contributed by atoms with E-state index in [2.05, 4.69) is 0 Å². The SMILES string of the molecule is C[C@H]1C(=O)O[C@@H]2[C@@H](O)[C@@H](OCc3ccccc3)OC[C@@]21O. The summed E-state index contributed by atoms with van der Waals surface area (Å²) in [5, 5.41) is 20.7. The third-order valence-electron chi connectivity index (χ3n) is 4.16. The quantitative estimate of drug-likeness (QED) is 0.775. The Bertz CT molecular complexity index is 518. The molecule has 2 fully saturated rings. The highest BCUT2D eigenvalue weighted by Gasteiger charge is 2.61. The molecule has 1 aromatic carbocycles. The van der Waals surface area contributed by atoms with Crippen LogP contribution in [0.2, 0.25) is 0 Å². The lowest BCUT2D eigenvalue weighted by Gasteiger charge is -2.40. The van der Waals surface area contributed by atoms with Gasteiger partial charge in [-0.1, -0.05) is 30.3 Å². The van der Waals surface area contributed by atoms with Crippen molar-refractivity contribution in [1.82, 2.24) is 0 Å². The molecule has 0 spiro atoms. The topological polar surface area (TPSA) is 85.2 Å². The van der Waals surface area contributed by atoms with Crippen molar-refractivity contribution in [2.24, 2.45) is 5.92 Å². The fourth-order valence-electron chi connectivity index (χ4n) is 2.71. The molecule has 5 atom stereocenters. The van der Waals surface area contributed by atoms with Gasteiger partial charge in [0.25, 0.3) is 0 Å². The fourth-order valence-corrected chi connectivity index (χ4v) is 2.71. The highest BCUT2D eigenvalue weighted by Crippen LogP contribution is 2.39. The number of benzene rings is 1. The van der Waals surface area contributed by atoms with Gasteiger partial charge >= 0.3 is 5.97 Å². The van der Waals surface area contributed by atoms with E-state index in [-0.39, 0.29) is 13.2 Å². The summed E-state index contributed by atoms with van der Waals surface area (Å²) in [5.41, 5.74) is -0.561. The Kier molecular flexibility index (Phi) is 3.71. The third-order valence-corrected chi connectivity index (χ3v) is 4.16. The maximum Gasteiger partial charge on any atom is 0.312 e. The summed E-state index contributed by atoms with van der Waals surface area (Å²) >= 11 is 0. The Labute approximate surface area is 122 Å². The summed E-state index contributed by atoms with van der Waals surface area (Å²) in [7, 11) is 0. The average molecular weight is 294 g/mol. The molecule has 114 valence electrons. The van der Waals surface area contributed by atoms with Crippen molar-refractivity contribution in [3.8, 4) is 0 Å². The smallest absolute Gasteiger partial charge is 0.312 e. The monoisotopic (exact) mass is 294 g/mol. The number of ether oxygens (including phenoxy) is 3. The van der Waals surface area contributed by atoms with Crippen molar-refractivity contribution in [2.75, 3.05) is 6.61 Å². The maximum atomic E-state index is 11.6.